The number of hydrogen-bond donors (Lipinski definition) is 0. The normalized spacial score (nSPS) is 26.6. The topological polar surface area (TPSA) is 3.88 Å². The number of fused-ring (bicyclic) bond motifs is 1. The Morgan fingerprint density at radius 3 is 2.90 bits per heavy atom. The molecule has 0 saturated carbocycles. The van der Waals surface area contributed by atoms with Gasteiger partial charge in [0, 0.05) is 19.9 Å². The predicted molar refractivity (Wildman–Crippen MR) is 83.8 cm³/mol. The highest BCUT2D eigenvalue weighted by molar-refractivity contribution is 5.66. The van der Waals surface area contributed by atoms with Crippen LogP contribution in [0.3, 0.4) is 0 Å². The monoisotopic (exact) mass is 268 g/mol. The van der Waals surface area contributed by atoms with Crippen LogP contribution in [0.1, 0.15) is 51.5 Å². The van der Waals surface area contributed by atoms with E-state index in [1.54, 1.807) is 0 Å². The number of benzene rings is 1. The van der Waals surface area contributed by atoms with Crippen molar-refractivity contribution >= 4 is 0 Å². The Kier molecular flexibility index (Phi) is 2.99. The number of nitrogens with zero attached hydrogens (tertiary/aromatic N) is 1. The maximum Gasteiger partial charge on any atom is 0.216 e. The molecule has 1 aromatic carbocycles. The minimum absolute atomic E-state index is 0.234. The molecular formula is C19H24N+. The molecule has 0 saturated heterocycles. The third-order valence-corrected chi connectivity index (χ3v) is 4.37. The van der Waals surface area contributed by atoms with Gasteiger partial charge in [0.2, 0.25) is 5.69 Å². The highest BCUT2D eigenvalue weighted by Gasteiger charge is 2.27. The van der Waals surface area contributed by atoms with E-state index in [0.29, 0.717) is 0 Å². The van der Waals surface area contributed by atoms with Gasteiger partial charge in [-0.25, -0.2) is 4.57 Å². The van der Waals surface area contributed by atoms with Crippen LogP contribution in [0, 0.1) is 6.92 Å². The Morgan fingerprint density at radius 2 is 2.15 bits per heavy atom. The minimum atomic E-state index is -0.543. The highest BCUT2D eigenvalue weighted by atomic mass is 14.9. The van der Waals surface area contributed by atoms with Crippen LogP contribution >= 0.6 is 0 Å². The summed E-state index contributed by atoms with van der Waals surface area (Å²) in [6.07, 6.45) is 4.17. The molecule has 1 aliphatic rings. The molecule has 3 rings (SSSR count). The number of aryl methyl sites for hydroxylation is 2. The van der Waals surface area contributed by atoms with E-state index in [-0.39, 0.29) is 6.40 Å². The maximum absolute atomic E-state index is 8.83. The van der Waals surface area contributed by atoms with Crippen LogP contribution in [-0.4, -0.2) is 0 Å². The van der Waals surface area contributed by atoms with E-state index >= 15 is 0 Å². The molecule has 2 atom stereocenters. The van der Waals surface area contributed by atoms with E-state index in [2.05, 4.69) is 48.9 Å². The molecule has 1 aliphatic carbocycles. The van der Waals surface area contributed by atoms with Crippen molar-refractivity contribution in [2.75, 3.05) is 0 Å². The van der Waals surface area contributed by atoms with Crippen molar-refractivity contribution in [3.8, 4) is 11.3 Å². The van der Waals surface area contributed by atoms with Crippen molar-refractivity contribution in [1.29, 1.82) is 0 Å². The molecule has 0 N–H and O–H groups in total. The maximum atomic E-state index is 8.83. The first-order valence-electron chi connectivity index (χ1n) is 8.57. The van der Waals surface area contributed by atoms with Crippen LogP contribution in [-0.2, 0) is 13.4 Å². The van der Waals surface area contributed by atoms with Crippen molar-refractivity contribution in [3.63, 3.8) is 0 Å². The molecule has 2 unspecified atom stereocenters. The summed E-state index contributed by atoms with van der Waals surface area (Å²) in [6, 6.07) is 10.4. The number of rotatable bonds is 2. The van der Waals surface area contributed by atoms with Gasteiger partial charge in [0.25, 0.3) is 0 Å². The largest absolute Gasteiger partial charge is 0.216 e. The summed E-state index contributed by atoms with van der Waals surface area (Å²) in [4.78, 5) is 0. The van der Waals surface area contributed by atoms with Gasteiger partial charge in [-0.15, -0.1) is 0 Å². The standard InChI is InChI=1S/C19H24N/c1-4-15-9-7-11-18-17(15)12-13-20(3)19(18)16-10-6-5-8-14(16)2/h5-6,8,10,12-13,15H,4,7,9,11H2,1-3H3/q+1/i11D,15D. The Morgan fingerprint density at radius 1 is 1.35 bits per heavy atom. The van der Waals surface area contributed by atoms with Crippen molar-refractivity contribution < 1.29 is 7.31 Å². The first-order chi connectivity index (χ1) is 10.5. The van der Waals surface area contributed by atoms with Crippen molar-refractivity contribution in [2.24, 2.45) is 7.05 Å². The second-order valence-corrected chi connectivity index (χ2v) is 5.62. The molecule has 0 bridgehead atoms. The third-order valence-electron chi connectivity index (χ3n) is 4.37. The highest BCUT2D eigenvalue weighted by Crippen LogP contribution is 2.37. The average Bonchev–Trinajstić information content (AvgIpc) is 2.52. The molecule has 104 valence electrons. The molecule has 0 spiro atoms. The van der Waals surface area contributed by atoms with E-state index in [4.69, 9.17) is 2.74 Å². The molecule has 1 heterocycles. The fourth-order valence-corrected chi connectivity index (χ4v) is 3.25. The van der Waals surface area contributed by atoms with Crippen LogP contribution in [0.5, 0.6) is 0 Å². The van der Waals surface area contributed by atoms with Gasteiger partial charge in [-0.05, 0) is 55.7 Å². The Labute approximate surface area is 125 Å². The summed E-state index contributed by atoms with van der Waals surface area (Å²) >= 11 is 0. The zero-order chi connectivity index (χ0) is 15.9. The molecule has 1 aromatic heterocycles. The van der Waals surface area contributed by atoms with E-state index in [0.717, 1.165) is 36.1 Å². The molecule has 2 aromatic rings. The summed E-state index contributed by atoms with van der Waals surface area (Å²) in [7, 11) is 2.04. The summed E-state index contributed by atoms with van der Waals surface area (Å²) in [5.41, 5.74) is 5.62. The number of aromatic nitrogens is 1. The van der Waals surface area contributed by atoms with Gasteiger partial charge >= 0.3 is 0 Å². The first kappa shape index (κ1) is 11.1. The van der Waals surface area contributed by atoms with Crippen LogP contribution in [0.4, 0.5) is 0 Å². The Hall–Kier alpha value is -1.63. The van der Waals surface area contributed by atoms with E-state index in [1.165, 1.54) is 11.1 Å². The van der Waals surface area contributed by atoms with Gasteiger partial charge < -0.3 is 0 Å². The summed E-state index contributed by atoms with van der Waals surface area (Å²) in [5.74, 6) is -0.543. The minimum Gasteiger partial charge on any atom is -0.201 e. The lowest BCUT2D eigenvalue weighted by atomic mass is 9.80. The summed E-state index contributed by atoms with van der Waals surface area (Å²) in [6.45, 7) is 4.20. The van der Waals surface area contributed by atoms with Gasteiger partial charge in [0.15, 0.2) is 6.20 Å². The lowest BCUT2D eigenvalue weighted by Crippen LogP contribution is -2.33. The van der Waals surface area contributed by atoms with E-state index in [9.17, 15) is 0 Å². The quantitative estimate of drug-likeness (QED) is 0.714. The Bertz CT molecular complexity index is 711. The van der Waals surface area contributed by atoms with Crippen LogP contribution in [0.25, 0.3) is 11.3 Å². The molecule has 1 heteroatoms. The summed E-state index contributed by atoms with van der Waals surface area (Å²) in [5, 5.41) is 0. The lowest BCUT2D eigenvalue weighted by molar-refractivity contribution is -0.660. The second kappa shape index (κ2) is 5.40. The van der Waals surface area contributed by atoms with Gasteiger partial charge in [-0.2, -0.15) is 0 Å². The molecule has 0 aliphatic heterocycles. The van der Waals surface area contributed by atoms with Crippen LogP contribution < -0.4 is 4.57 Å². The number of hydrogen-bond acceptors (Lipinski definition) is 0. The Balaban J connectivity index is 2.33. The van der Waals surface area contributed by atoms with Gasteiger partial charge in [0.1, 0.15) is 7.05 Å². The lowest BCUT2D eigenvalue weighted by Gasteiger charge is -2.25. The predicted octanol–water partition coefficient (Wildman–Crippen LogP) is 4.32. The smallest absolute Gasteiger partial charge is 0.201 e. The van der Waals surface area contributed by atoms with Crippen molar-refractivity contribution in [1.82, 2.24) is 0 Å². The summed E-state index contributed by atoms with van der Waals surface area (Å²) < 4.78 is 19.5. The number of pyridine rings is 1. The molecule has 0 radical (unpaired) electrons. The molecule has 1 nitrogen and oxygen atoms in total. The zero-order valence-electron chi connectivity index (χ0n) is 14.6. The van der Waals surface area contributed by atoms with E-state index < -0.39 is 5.89 Å². The van der Waals surface area contributed by atoms with Crippen molar-refractivity contribution in [2.45, 2.75) is 45.4 Å². The van der Waals surface area contributed by atoms with Gasteiger partial charge in [-0.1, -0.05) is 25.1 Å². The molecule has 0 fully saturated rings. The van der Waals surface area contributed by atoms with Gasteiger partial charge in [0.05, 0.1) is 0 Å². The van der Waals surface area contributed by atoms with Gasteiger partial charge in [-0.3, -0.25) is 0 Å². The van der Waals surface area contributed by atoms with E-state index in [1.807, 2.05) is 13.1 Å². The fraction of sp³-hybridized carbons (Fsp3) is 0.421. The van der Waals surface area contributed by atoms with Crippen LogP contribution in [0.15, 0.2) is 36.5 Å². The average molecular weight is 268 g/mol. The fourth-order valence-electron chi connectivity index (χ4n) is 3.25. The van der Waals surface area contributed by atoms with Crippen molar-refractivity contribution in [3.05, 3.63) is 53.2 Å². The molecular weight excluding hydrogens is 242 g/mol. The molecule has 20 heavy (non-hydrogen) atoms. The molecule has 0 amide bonds. The SMILES string of the molecule is [2H]C1CCC([2H])(CC)c2cc[n+](C)c(-c3ccccc3C)c21. The zero-order valence-corrected chi connectivity index (χ0v) is 12.6. The first-order valence-corrected chi connectivity index (χ1v) is 7.49. The third kappa shape index (κ3) is 2.15. The second-order valence-electron chi connectivity index (χ2n) is 5.62. The van der Waals surface area contributed by atoms with Crippen LogP contribution in [0.2, 0.25) is 0 Å².